The summed E-state index contributed by atoms with van der Waals surface area (Å²) in [7, 11) is -1.41. The van der Waals surface area contributed by atoms with Gasteiger partial charge in [-0.3, -0.25) is 9.00 Å². The summed E-state index contributed by atoms with van der Waals surface area (Å²) in [6.07, 6.45) is 3.10. The van der Waals surface area contributed by atoms with E-state index in [0.717, 1.165) is 23.4 Å². The Morgan fingerprint density at radius 2 is 2.03 bits per heavy atom. The first kappa shape index (κ1) is 24.2. The Morgan fingerprint density at radius 1 is 1.25 bits per heavy atom. The van der Waals surface area contributed by atoms with Gasteiger partial charge < -0.3 is 19.8 Å². The number of para-hydroxylation sites is 1. The minimum atomic E-state index is -1.41. The number of rotatable bonds is 4. The Bertz CT molecular complexity index is 1270. The number of carbonyl (C=O) groups excluding carboxylic acids is 1. The highest BCUT2D eigenvalue weighted by molar-refractivity contribution is 7.84. The lowest BCUT2D eigenvalue weighted by Crippen LogP contribution is -2.55. The molecule has 1 spiro atoms. The van der Waals surface area contributed by atoms with Gasteiger partial charge in [0.1, 0.15) is 5.82 Å². The van der Waals surface area contributed by atoms with Crippen LogP contribution >= 0.6 is 0 Å². The van der Waals surface area contributed by atoms with Crippen molar-refractivity contribution in [1.82, 2.24) is 14.9 Å². The molecule has 0 saturated carbocycles. The zero-order valence-corrected chi connectivity index (χ0v) is 20.9. The fourth-order valence-electron chi connectivity index (χ4n) is 5.73. The summed E-state index contributed by atoms with van der Waals surface area (Å²) in [5, 5.41) is 19.0. The normalized spacial score (nSPS) is 24.5. The quantitative estimate of drug-likeness (QED) is 0.622. The number of fused-ring (bicyclic) bond motifs is 1. The van der Waals surface area contributed by atoms with E-state index in [2.05, 4.69) is 16.0 Å². The van der Waals surface area contributed by atoms with Crippen LogP contribution in [0.1, 0.15) is 30.5 Å². The predicted octanol–water partition coefficient (Wildman–Crippen LogP) is 2.21. The monoisotopic (exact) mass is 508 g/mol. The molecule has 0 bridgehead atoms. The summed E-state index contributed by atoms with van der Waals surface area (Å²) in [6.45, 7) is 1.64. The van der Waals surface area contributed by atoms with Gasteiger partial charge in [-0.1, -0.05) is 18.2 Å². The van der Waals surface area contributed by atoms with Crippen LogP contribution in [0.25, 0.3) is 0 Å². The summed E-state index contributed by atoms with van der Waals surface area (Å²) < 4.78 is 12.5. The van der Waals surface area contributed by atoms with Gasteiger partial charge in [-0.15, -0.1) is 0 Å². The number of hydrogen-bond acceptors (Lipinski definition) is 7. The Hall–Kier alpha value is -3.52. The molecule has 10 nitrogen and oxygen atoms in total. The van der Waals surface area contributed by atoms with Gasteiger partial charge in [0, 0.05) is 55.5 Å². The predicted molar refractivity (Wildman–Crippen MR) is 133 cm³/mol. The van der Waals surface area contributed by atoms with E-state index >= 15 is 0 Å². The number of nitriles is 1. The van der Waals surface area contributed by atoms with E-state index in [1.165, 1.54) is 4.90 Å². The second kappa shape index (κ2) is 9.50. The van der Waals surface area contributed by atoms with Crippen molar-refractivity contribution in [3.8, 4) is 6.07 Å². The third-order valence-corrected chi connectivity index (χ3v) is 8.20. The molecule has 36 heavy (non-hydrogen) atoms. The molecule has 3 heterocycles. The molecular formula is C25H28N6O4S. The molecule has 1 aromatic carbocycles. The van der Waals surface area contributed by atoms with Crippen LogP contribution in [0, 0.1) is 16.7 Å². The Kier molecular flexibility index (Phi) is 6.38. The van der Waals surface area contributed by atoms with Crippen molar-refractivity contribution in [2.24, 2.45) is 5.41 Å². The lowest BCUT2D eigenvalue weighted by Gasteiger charge is -2.41. The molecule has 0 radical (unpaired) electrons. The van der Waals surface area contributed by atoms with E-state index in [0.29, 0.717) is 44.7 Å². The number of nitrogens with zero attached hydrogens (tertiary/aromatic N) is 6. The van der Waals surface area contributed by atoms with Gasteiger partial charge in [0.2, 0.25) is 11.1 Å². The van der Waals surface area contributed by atoms with Crippen molar-refractivity contribution in [1.29, 1.82) is 5.26 Å². The van der Waals surface area contributed by atoms with E-state index in [9.17, 15) is 24.2 Å². The molecule has 3 aliphatic rings. The van der Waals surface area contributed by atoms with E-state index in [-0.39, 0.29) is 29.4 Å². The number of hydrogen-bond donors (Lipinski definition) is 1. The summed E-state index contributed by atoms with van der Waals surface area (Å²) in [6, 6.07) is 11.3. The van der Waals surface area contributed by atoms with Crippen LogP contribution in [0.4, 0.5) is 16.3 Å². The van der Waals surface area contributed by atoms with Gasteiger partial charge in [0.25, 0.3) is 0 Å². The molecule has 11 heteroatoms. The SMILES string of the molecule is CS(=O)c1nc2c(c(N3CCN(C(=O)O)[C@@H](CC#N)C3)n1)CCC1(CC(=O)N(c3ccccc3)C1)C2. The first-order valence-electron chi connectivity index (χ1n) is 12.0. The van der Waals surface area contributed by atoms with Crippen LogP contribution in [0.3, 0.4) is 0 Å². The standard InChI is InChI=1S/C25H28N6O4S/c1-36(35)23-27-20-13-25(14-21(32)31(16-25)17-5-3-2-4-6-17)9-7-19(20)22(28-23)29-11-12-30(24(33)34)18(15-29)8-10-26/h2-6,18H,7-9,11-16H2,1H3,(H,33,34)/t18-,25?,36?/m0/s1. The fourth-order valence-corrected chi connectivity index (χ4v) is 6.18. The Balaban J connectivity index is 1.46. The van der Waals surface area contributed by atoms with Crippen molar-refractivity contribution in [3.05, 3.63) is 41.6 Å². The molecule has 188 valence electrons. The summed E-state index contributed by atoms with van der Waals surface area (Å²) in [5.41, 5.74) is 2.43. The van der Waals surface area contributed by atoms with Crippen LogP contribution in [-0.2, 0) is 28.4 Å². The van der Waals surface area contributed by atoms with E-state index in [4.69, 9.17) is 0 Å². The number of aromatic nitrogens is 2. The first-order chi connectivity index (χ1) is 17.3. The number of anilines is 2. The van der Waals surface area contributed by atoms with E-state index < -0.39 is 22.9 Å². The fraction of sp³-hybridized carbons (Fsp3) is 0.480. The third-order valence-electron chi connectivity index (χ3n) is 7.50. The van der Waals surface area contributed by atoms with Gasteiger partial charge >= 0.3 is 6.09 Å². The van der Waals surface area contributed by atoms with Crippen molar-refractivity contribution < 1.29 is 18.9 Å². The van der Waals surface area contributed by atoms with Crippen molar-refractivity contribution in [2.45, 2.75) is 43.3 Å². The molecule has 2 aliphatic heterocycles. The van der Waals surface area contributed by atoms with Gasteiger partial charge in [0.05, 0.1) is 35.0 Å². The smallest absolute Gasteiger partial charge is 0.407 e. The zero-order valence-electron chi connectivity index (χ0n) is 20.1. The summed E-state index contributed by atoms with van der Waals surface area (Å²) in [5.74, 6) is 0.777. The van der Waals surface area contributed by atoms with E-state index in [1.807, 2.05) is 40.1 Å². The maximum absolute atomic E-state index is 13.0. The molecule has 2 amide bonds. The van der Waals surface area contributed by atoms with E-state index in [1.54, 1.807) is 6.26 Å². The second-order valence-corrected chi connectivity index (χ2v) is 11.1. The van der Waals surface area contributed by atoms with Gasteiger partial charge in [0.15, 0.2) is 0 Å². The summed E-state index contributed by atoms with van der Waals surface area (Å²) >= 11 is 0. The van der Waals surface area contributed by atoms with Crippen LogP contribution in [0.2, 0.25) is 0 Å². The van der Waals surface area contributed by atoms with Crippen LogP contribution in [0.15, 0.2) is 35.5 Å². The molecule has 1 aliphatic carbocycles. The van der Waals surface area contributed by atoms with Crippen molar-refractivity contribution in [3.63, 3.8) is 0 Å². The van der Waals surface area contributed by atoms with Gasteiger partial charge in [-0.05, 0) is 31.4 Å². The highest BCUT2D eigenvalue weighted by Gasteiger charge is 2.47. The topological polar surface area (TPSA) is 131 Å². The Labute approximate surface area is 212 Å². The van der Waals surface area contributed by atoms with Crippen LogP contribution in [-0.4, -0.2) is 74.7 Å². The third kappa shape index (κ3) is 4.41. The number of benzene rings is 1. The molecule has 2 aromatic rings. The maximum Gasteiger partial charge on any atom is 0.407 e. The summed E-state index contributed by atoms with van der Waals surface area (Å²) in [4.78, 5) is 39.2. The van der Waals surface area contributed by atoms with Crippen LogP contribution < -0.4 is 9.80 Å². The molecule has 2 saturated heterocycles. The zero-order chi connectivity index (χ0) is 25.4. The van der Waals surface area contributed by atoms with Crippen LogP contribution in [0.5, 0.6) is 0 Å². The maximum atomic E-state index is 13.0. The number of amides is 2. The average Bonchev–Trinajstić information content (AvgIpc) is 3.18. The van der Waals surface area contributed by atoms with Crippen molar-refractivity contribution >= 4 is 34.3 Å². The lowest BCUT2D eigenvalue weighted by molar-refractivity contribution is -0.117. The number of piperazine rings is 1. The molecule has 1 aromatic heterocycles. The molecule has 5 rings (SSSR count). The molecule has 1 N–H and O–H groups in total. The minimum Gasteiger partial charge on any atom is -0.465 e. The highest BCUT2D eigenvalue weighted by atomic mass is 32.2. The molecule has 3 atom stereocenters. The lowest BCUT2D eigenvalue weighted by atomic mass is 9.72. The molecular weight excluding hydrogens is 480 g/mol. The minimum absolute atomic E-state index is 0.0865. The average molecular weight is 509 g/mol. The first-order valence-corrected chi connectivity index (χ1v) is 13.6. The number of carboxylic acid groups (broad SMARTS) is 1. The largest absolute Gasteiger partial charge is 0.465 e. The molecule has 2 unspecified atom stereocenters. The number of carbonyl (C=O) groups is 2. The van der Waals surface area contributed by atoms with Gasteiger partial charge in [-0.25, -0.2) is 14.8 Å². The van der Waals surface area contributed by atoms with Crippen molar-refractivity contribution in [2.75, 3.05) is 42.2 Å². The Morgan fingerprint density at radius 3 is 2.72 bits per heavy atom. The highest BCUT2D eigenvalue weighted by Crippen LogP contribution is 2.45. The van der Waals surface area contributed by atoms with Gasteiger partial charge in [-0.2, -0.15) is 5.26 Å². The second-order valence-electron chi connectivity index (χ2n) is 9.82. The molecule has 2 fully saturated rings.